The highest BCUT2D eigenvalue weighted by molar-refractivity contribution is 7.90. The first-order chi connectivity index (χ1) is 11.3. The standard InChI is InChI=1S/C16H14ClN3O3S/c1-20(2)24(22,23)19-12-5-3-10-4-6-15-14(7-11(17)9-18-15)16(21)13(10)8-12/h3-9,19H,1-2H3. The van der Waals surface area contributed by atoms with Crippen LogP contribution in [0.5, 0.6) is 0 Å². The lowest BCUT2D eigenvalue weighted by Crippen LogP contribution is -2.28. The van der Waals surface area contributed by atoms with E-state index in [9.17, 15) is 13.2 Å². The summed E-state index contributed by atoms with van der Waals surface area (Å²) in [6, 6.07) is 9.86. The van der Waals surface area contributed by atoms with Gasteiger partial charge in [-0.2, -0.15) is 12.7 Å². The van der Waals surface area contributed by atoms with Gasteiger partial charge < -0.3 is 0 Å². The molecule has 0 aliphatic rings. The van der Waals surface area contributed by atoms with Crippen LogP contribution in [0.25, 0.3) is 21.7 Å². The van der Waals surface area contributed by atoms with Crippen LogP contribution in [-0.4, -0.2) is 31.8 Å². The summed E-state index contributed by atoms with van der Waals surface area (Å²) < 4.78 is 27.4. The molecule has 0 aliphatic carbocycles. The van der Waals surface area contributed by atoms with E-state index in [1.807, 2.05) is 0 Å². The van der Waals surface area contributed by atoms with Crippen LogP contribution in [0.3, 0.4) is 0 Å². The second-order valence-electron chi connectivity index (χ2n) is 5.44. The van der Waals surface area contributed by atoms with E-state index in [0.717, 1.165) is 4.31 Å². The zero-order chi connectivity index (χ0) is 17.5. The number of aromatic nitrogens is 1. The van der Waals surface area contributed by atoms with Gasteiger partial charge in [0.2, 0.25) is 0 Å². The van der Waals surface area contributed by atoms with E-state index < -0.39 is 10.2 Å². The summed E-state index contributed by atoms with van der Waals surface area (Å²) >= 11 is 5.94. The van der Waals surface area contributed by atoms with Gasteiger partial charge in [-0.1, -0.05) is 23.7 Å². The molecule has 0 atom stereocenters. The number of nitrogens with zero attached hydrogens (tertiary/aromatic N) is 2. The Morgan fingerprint density at radius 2 is 1.79 bits per heavy atom. The van der Waals surface area contributed by atoms with Gasteiger partial charge in [0.1, 0.15) is 0 Å². The number of rotatable bonds is 3. The minimum absolute atomic E-state index is 0.258. The molecule has 0 spiro atoms. The van der Waals surface area contributed by atoms with Crippen molar-refractivity contribution in [2.75, 3.05) is 18.8 Å². The average molecular weight is 364 g/mol. The van der Waals surface area contributed by atoms with E-state index in [4.69, 9.17) is 11.6 Å². The van der Waals surface area contributed by atoms with Crippen molar-refractivity contribution in [3.8, 4) is 0 Å². The second-order valence-corrected chi connectivity index (χ2v) is 7.76. The lowest BCUT2D eigenvalue weighted by atomic mass is 10.1. The number of fused-ring (bicyclic) bond motifs is 2. The van der Waals surface area contributed by atoms with Crippen molar-refractivity contribution >= 4 is 49.2 Å². The van der Waals surface area contributed by atoms with Crippen LogP contribution >= 0.6 is 11.6 Å². The lowest BCUT2D eigenvalue weighted by molar-refractivity contribution is 0.527. The van der Waals surface area contributed by atoms with Crippen LogP contribution in [0.4, 0.5) is 5.69 Å². The maximum absolute atomic E-state index is 12.8. The highest BCUT2D eigenvalue weighted by Gasteiger charge is 2.13. The van der Waals surface area contributed by atoms with Gasteiger partial charge in [0.25, 0.3) is 0 Å². The first-order valence-electron chi connectivity index (χ1n) is 7.00. The van der Waals surface area contributed by atoms with Crippen molar-refractivity contribution in [3.05, 3.63) is 57.8 Å². The van der Waals surface area contributed by atoms with E-state index in [-0.39, 0.29) is 5.43 Å². The topological polar surface area (TPSA) is 79.4 Å². The Balaban J connectivity index is 2.28. The van der Waals surface area contributed by atoms with Crippen molar-refractivity contribution in [1.82, 2.24) is 9.29 Å². The minimum atomic E-state index is -3.65. The fourth-order valence-electron chi connectivity index (χ4n) is 2.28. The Bertz CT molecular complexity index is 1110. The van der Waals surface area contributed by atoms with Crippen LogP contribution < -0.4 is 10.2 Å². The van der Waals surface area contributed by atoms with Gasteiger partial charge in [-0.15, -0.1) is 0 Å². The maximum Gasteiger partial charge on any atom is 0.301 e. The Kier molecular flexibility index (Phi) is 4.16. The minimum Gasteiger partial charge on any atom is -0.289 e. The van der Waals surface area contributed by atoms with Gasteiger partial charge in [0.15, 0.2) is 5.43 Å². The molecule has 0 saturated heterocycles. The van der Waals surface area contributed by atoms with Gasteiger partial charge >= 0.3 is 10.2 Å². The fourth-order valence-corrected chi connectivity index (χ4v) is 3.05. The first kappa shape index (κ1) is 16.6. The van der Waals surface area contributed by atoms with Gasteiger partial charge in [-0.3, -0.25) is 14.5 Å². The molecule has 0 radical (unpaired) electrons. The normalized spacial score (nSPS) is 12.0. The van der Waals surface area contributed by atoms with Gasteiger partial charge in [-0.25, -0.2) is 0 Å². The highest BCUT2D eigenvalue weighted by Crippen LogP contribution is 2.20. The zero-order valence-corrected chi connectivity index (χ0v) is 14.5. The molecule has 3 aromatic rings. The van der Waals surface area contributed by atoms with E-state index >= 15 is 0 Å². The van der Waals surface area contributed by atoms with Crippen LogP contribution in [0.1, 0.15) is 0 Å². The van der Waals surface area contributed by atoms with E-state index in [2.05, 4.69) is 9.71 Å². The van der Waals surface area contributed by atoms with Crippen LogP contribution in [0, 0.1) is 0 Å². The second kappa shape index (κ2) is 6.01. The summed E-state index contributed by atoms with van der Waals surface area (Å²) in [7, 11) is -0.811. The van der Waals surface area contributed by atoms with Crippen molar-refractivity contribution < 1.29 is 8.42 Å². The van der Waals surface area contributed by atoms with Gasteiger partial charge in [-0.05, 0) is 29.7 Å². The smallest absolute Gasteiger partial charge is 0.289 e. The maximum atomic E-state index is 12.8. The van der Waals surface area contributed by atoms with Crippen molar-refractivity contribution in [2.45, 2.75) is 0 Å². The number of halogens is 1. The molecule has 0 fully saturated rings. The first-order valence-corrected chi connectivity index (χ1v) is 8.82. The van der Waals surface area contributed by atoms with Crippen molar-refractivity contribution in [2.24, 2.45) is 0 Å². The van der Waals surface area contributed by atoms with Gasteiger partial charge in [0.05, 0.1) is 16.2 Å². The molecule has 1 heterocycles. The lowest BCUT2D eigenvalue weighted by Gasteiger charge is -2.13. The molecule has 0 unspecified atom stereocenters. The number of pyridine rings is 1. The highest BCUT2D eigenvalue weighted by atomic mass is 35.5. The molecule has 2 aromatic carbocycles. The molecule has 24 heavy (non-hydrogen) atoms. The Hall–Kier alpha value is -2.22. The quantitative estimate of drug-likeness (QED) is 0.775. The van der Waals surface area contributed by atoms with Crippen LogP contribution in [-0.2, 0) is 10.2 Å². The summed E-state index contributed by atoms with van der Waals surface area (Å²) in [6.07, 6.45) is 1.48. The molecule has 0 bridgehead atoms. The Morgan fingerprint density at radius 3 is 2.50 bits per heavy atom. The molecule has 0 saturated carbocycles. The third-order valence-electron chi connectivity index (χ3n) is 3.58. The fraction of sp³-hybridized carbons (Fsp3) is 0.125. The summed E-state index contributed by atoms with van der Waals surface area (Å²) in [4.78, 5) is 17.0. The molecular formula is C16H14ClN3O3S. The predicted octanol–water partition coefficient (Wildman–Crippen LogP) is 2.62. The summed E-state index contributed by atoms with van der Waals surface area (Å²) in [6.45, 7) is 0. The number of hydrogen-bond donors (Lipinski definition) is 1. The predicted molar refractivity (Wildman–Crippen MR) is 96.8 cm³/mol. The third kappa shape index (κ3) is 3.06. The molecule has 1 N–H and O–H groups in total. The summed E-state index contributed by atoms with van der Waals surface area (Å²) in [5.41, 5.74) is 0.574. The molecular weight excluding hydrogens is 350 g/mol. The average Bonchev–Trinajstić information content (AvgIpc) is 2.65. The molecule has 1 aromatic heterocycles. The van der Waals surface area contributed by atoms with Crippen LogP contribution in [0.15, 0.2) is 47.4 Å². The van der Waals surface area contributed by atoms with E-state index in [0.29, 0.717) is 32.4 Å². The summed E-state index contributed by atoms with van der Waals surface area (Å²) in [5.74, 6) is 0. The van der Waals surface area contributed by atoms with Crippen LogP contribution in [0.2, 0.25) is 5.02 Å². The molecule has 6 nitrogen and oxygen atoms in total. The van der Waals surface area contributed by atoms with Gasteiger partial charge in [0, 0.05) is 31.1 Å². The Labute approximate surface area is 143 Å². The number of benzene rings is 1. The van der Waals surface area contributed by atoms with Crippen molar-refractivity contribution in [1.29, 1.82) is 0 Å². The third-order valence-corrected chi connectivity index (χ3v) is 5.24. The summed E-state index contributed by atoms with van der Waals surface area (Å²) in [5, 5.41) is 1.81. The molecule has 0 aliphatic heterocycles. The SMILES string of the molecule is CN(C)S(=O)(=O)Nc1ccc2ccc3ncc(Cl)cc3c(=O)c2c1. The zero-order valence-electron chi connectivity index (χ0n) is 12.9. The molecule has 3 rings (SSSR count). The van der Waals surface area contributed by atoms with E-state index in [1.54, 1.807) is 30.3 Å². The molecule has 8 heteroatoms. The molecule has 124 valence electrons. The van der Waals surface area contributed by atoms with Crippen molar-refractivity contribution in [3.63, 3.8) is 0 Å². The number of nitrogens with one attached hydrogen (secondary N) is 1. The largest absolute Gasteiger partial charge is 0.301 e. The number of anilines is 1. The number of hydrogen-bond acceptors (Lipinski definition) is 4. The molecule has 0 amide bonds. The monoisotopic (exact) mass is 363 g/mol. The van der Waals surface area contributed by atoms with E-state index in [1.165, 1.54) is 26.4 Å². The Morgan fingerprint density at radius 1 is 1.08 bits per heavy atom.